The van der Waals surface area contributed by atoms with Gasteiger partial charge in [0.15, 0.2) is 5.11 Å². The van der Waals surface area contributed by atoms with Crippen molar-refractivity contribution in [1.82, 2.24) is 19.8 Å². The molecule has 1 aliphatic heterocycles. The van der Waals surface area contributed by atoms with Crippen LogP contribution < -0.4 is 15.4 Å². The Morgan fingerprint density at radius 2 is 1.85 bits per heavy atom. The first-order valence-corrected chi connectivity index (χ1v) is 13.5. The smallest absolute Gasteiger partial charge is 0.226 e. The Morgan fingerprint density at radius 3 is 2.56 bits per heavy atom. The molecule has 0 radical (unpaired) electrons. The molecule has 7 nitrogen and oxygen atoms in total. The number of aryl methyl sites for hydroxylation is 1. The fourth-order valence-electron chi connectivity index (χ4n) is 5.24. The lowest BCUT2D eigenvalue weighted by atomic mass is 9.96. The van der Waals surface area contributed by atoms with Crippen LogP contribution in [0, 0.1) is 13.8 Å². The van der Waals surface area contributed by atoms with Crippen molar-refractivity contribution in [1.29, 1.82) is 0 Å². The number of hydrogen-bond donors (Lipinski definition) is 2. The topological polar surface area (TPSA) is 71.4 Å². The van der Waals surface area contributed by atoms with Crippen LogP contribution in [-0.4, -0.2) is 39.1 Å². The van der Waals surface area contributed by atoms with Gasteiger partial charge in [-0.05, 0) is 86.2 Å². The number of amides is 1. The highest BCUT2D eigenvalue weighted by molar-refractivity contribution is 7.80. The number of anilines is 1. The van der Waals surface area contributed by atoms with Crippen LogP contribution >= 0.6 is 23.8 Å². The molecule has 0 spiro atoms. The molecule has 1 amide bonds. The van der Waals surface area contributed by atoms with Crippen molar-refractivity contribution >= 4 is 40.5 Å². The van der Waals surface area contributed by atoms with E-state index in [1.54, 1.807) is 13.3 Å². The molecule has 9 heteroatoms. The number of nitrogens with one attached hydrogen (secondary N) is 2. The minimum absolute atomic E-state index is 0.117. The first kappa shape index (κ1) is 26.7. The van der Waals surface area contributed by atoms with Gasteiger partial charge in [-0.2, -0.15) is 0 Å². The number of halogens is 1. The summed E-state index contributed by atoms with van der Waals surface area (Å²) in [6.07, 6.45) is 2.04. The number of nitrogens with zero attached hydrogens (tertiary/aromatic N) is 3. The lowest BCUT2D eigenvalue weighted by Gasteiger charge is -2.28. The van der Waals surface area contributed by atoms with Gasteiger partial charge in [0.25, 0.3) is 0 Å². The van der Waals surface area contributed by atoms with Crippen LogP contribution in [0.1, 0.15) is 41.1 Å². The Kier molecular flexibility index (Phi) is 7.86. The summed E-state index contributed by atoms with van der Waals surface area (Å²) in [6.45, 7) is 4.64. The molecule has 1 aliphatic rings. The summed E-state index contributed by atoms with van der Waals surface area (Å²) in [5.74, 6) is 0.501. The molecule has 5 rings (SSSR count). The quantitative estimate of drug-likeness (QED) is 0.252. The first-order valence-electron chi connectivity index (χ1n) is 12.7. The Labute approximate surface area is 238 Å². The van der Waals surface area contributed by atoms with E-state index >= 15 is 0 Å². The lowest BCUT2D eigenvalue weighted by molar-refractivity contribution is -0.116. The molecule has 1 fully saturated rings. The fraction of sp³-hybridized carbons (Fsp3) is 0.233. The van der Waals surface area contributed by atoms with E-state index in [1.165, 1.54) is 0 Å². The summed E-state index contributed by atoms with van der Waals surface area (Å²) in [4.78, 5) is 19.7. The number of methoxy groups -OCH3 is 1. The molecule has 39 heavy (non-hydrogen) atoms. The van der Waals surface area contributed by atoms with E-state index < -0.39 is 0 Å². The van der Waals surface area contributed by atoms with E-state index in [2.05, 4.69) is 45.0 Å². The highest BCUT2D eigenvalue weighted by Gasteiger charge is 2.41. The Hall–Kier alpha value is -3.88. The number of benzene rings is 2. The van der Waals surface area contributed by atoms with Gasteiger partial charge >= 0.3 is 0 Å². The maximum absolute atomic E-state index is 13.0. The van der Waals surface area contributed by atoms with E-state index in [0.717, 1.165) is 28.3 Å². The second-order valence-corrected chi connectivity index (χ2v) is 10.3. The summed E-state index contributed by atoms with van der Waals surface area (Å²) in [6, 6.07) is 22.9. The molecule has 2 aromatic carbocycles. The standard InChI is InChI=1S/C30H30ClN5O2S/c1-19-18-23(20(2)36(19)22-13-11-21(31)12-14-22)29-28(25-9-6-7-16-32-25)34-30(39)35(29)17-15-27(37)33-24-8-4-5-10-26(24)38-3/h4-14,16,18,28-29H,15,17H2,1-3H3,(H,33,37)(H,34,39)/t28-,29-/m1/s1. The number of para-hydroxylation sites is 2. The predicted octanol–water partition coefficient (Wildman–Crippen LogP) is 6.15. The van der Waals surface area contributed by atoms with Gasteiger partial charge in [-0.1, -0.05) is 29.8 Å². The molecule has 2 atom stereocenters. The van der Waals surface area contributed by atoms with Crippen molar-refractivity contribution in [2.24, 2.45) is 0 Å². The largest absolute Gasteiger partial charge is 0.495 e. The summed E-state index contributed by atoms with van der Waals surface area (Å²) in [7, 11) is 1.59. The number of ether oxygens (including phenoxy) is 1. The Balaban J connectivity index is 1.46. The zero-order chi connectivity index (χ0) is 27.5. The minimum Gasteiger partial charge on any atom is -0.495 e. The SMILES string of the molecule is COc1ccccc1NC(=O)CCN1C(=S)N[C@H](c2ccccn2)[C@H]1c1cc(C)n(-c2ccc(Cl)cc2)c1C. The number of thiocarbonyl (C=S) groups is 1. The number of aromatic nitrogens is 2. The maximum atomic E-state index is 13.0. The summed E-state index contributed by atoms with van der Waals surface area (Å²) in [5.41, 5.74) is 5.87. The summed E-state index contributed by atoms with van der Waals surface area (Å²) < 4.78 is 7.59. The van der Waals surface area contributed by atoms with E-state index in [-0.39, 0.29) is 24.4 Å². The van der Waals surface area contributed by atoms with Gasteiger partial charge in [-0.3, -0.25) is 9.78 Å². The van der Waals surface area contributed by atoms with Crippen LogP contribution in [0.5, 0.6) is 5.75 Å². The number of carbonyl (C=O) groups excluding carboxylic acids is 1. The van der Waals surface area contributed by atoms with Gasteiger partial charge in [0.05, 0.1) is 30.6 Å². The van der Waals surface area contributed by atoms with E-state index in [0.29, 0.717) is 28.1 Å². The second-order valence-electron chi connectivity index (χ2n) is 9.46. The minimum atomic E-state index is -0.171. The third kappa shape index (κ3) is 5.48. The Morgan fingerprint density at radius 1 is 1.10 bits per heavy atom. The zero-order valence-corrected chi connectivity index (χ0v) is 23.6. The molecule has 0 bridgehead atoms. The third-order valence-electron chi connectivity index (χ3n) is 7.03. The molecule has 200 valence electrons. The normalized spacial score (nSPS) is 16.7. The lowest BCUT2D eigenvalue weighted by Crippen LogP contribution is -2.33. The van der Waals surface area contributed by atoms with Crippen LogP contribution in [0.4, 0.5) is 5.69 Å². The van der Waals surface area contributed by atoms with Crippen molar-refractivity contribution < 1.29 is 9.53 Å². The summed E-state index contributed by atoms with van der Waals surface area (Å²) in [5, 5.41) is 7.74. The third-order valence-corrected chi connectivity index (χ3v) is 7.64. The van der Waals surface area contributed by atoms with Gasteiger partial charge in [0.1, 0.15) is 5.75 Å². The van der Waals surface area contributed by atoms with Crippen LogP contribution in [0.3, 0.4) is 0 Å². The van der Waals surface area contributed by atoms with Gasteiger partial charge in [0, 0.05) is 41.3 Å². The van der Waals surface area contributed by atoms with E-state index in [4.69, 9.17) is 28.6 Å². The molecular weight excluding hydrogens is 530 g/mol. The number of carbonyl (C=O) groups is 1. The number of rotatable bonds is 8. The van der Waals surface area contributed by atoms with Crippen molar-refractivity contribution in [2.75, 3.05) is 19.0 Å². The summed E-state index contributed by atoms with van der Waals surface area (Å²) >= 11 is 12.0. The van der Waals surface area contributed by atoms with Crippen LogP contribution in [0.15, 0.2) is 79.0 Å². The average molecular weight is 560 g/mol. The van der Waals surface area contributed by atoms with Crippen molar-refractivity contribution in [3.63, 3.8) is 0 Å². The average Bonchev–Trinajstić information content (AvgIpc) is 3.43. The maximum Gasteiger partial charge on any atom is 0.226 e. The predicted molar refractivity (Wildman–Crippen MR) is 159 cm³/mol. The molecule has 2 N–H and O–H groups in total. The molecular formula is C30H30ClN5O2S. The Bertz CT molecular complexity index is 1490. The number of hydrogen-bond acceptors (Lipinski definition) is 4. The molecule has 3 heterocycles. The number of pyridine rings is 1. The molecule has 4 aromatic rings. The van der Waals surface area contributed by atoms with Crippen LogP contribution in [-0.2, 0) is 4.79 Å². The fourth-order valence-corrected chi connectivity index (χ4v) is 5.70. The van der Waals surface area contributed by atoms with Crippen molar-refractivity contribution in [2.45, 2.75) is 32.4 Å². The second kappa shape index (κ2) is 11.5. The monoisotopic (exact) mass is 559 g/mol. The molecule has 2 aromatic heterocycles. The zero-order valence-electron chi connectivity index (χ0n) is 22.0. The van der Waals surface area contributed by atoms with Crippen molar-refractivity contribution in [3.8, 4) is 11.4 Å². The van der Waals surface area contributed by atoms with Gasteiger partial charge < -0.3 is 24.8 Å². The highest BCUT2D eigenvalue weighted by atomic mass is 35.5. The molecule has 1 saturated heterocycles. The van der Waals surface area contributed by atoms with Gasteiger partial charge in [0.2, 0.25) is 5.91 Å². The van der Waals surface area contributed by atoms with Crippen molar-refractivity contribution in [3.05, 3.63) is 107 Å². The van der Waals surface area contributed by atoms with Gasteiger partial charge in [-0.15, -0.1) is 0 Å². The first-order chi connectivity index (χ1) is 18.9. The highest BCUT2D eigenvalue weighted by Crippen LogP contribution is 2.41. The van der Waals surface area contributed by atoms with E-state index in [1.807, 2.05) is 66.7 Å². The van der Waals surface area contributed by atoms with Gasteiger partial charge in [-0.25, -0.2) is 0 Å². The van der Waals surface area contributed by atoms with Crippen LogP contribution in [0.25, 0.3) is 5.69 Å². The molecule has 0 unspecified atom stereocenters. The van der Waals surface area contributed by atoms with E-state index in [9.17, 15) is 4.79 Å². The van der Waals surface area contributed by atoms with Crippen LogP contribution in [0.2, 0.25) is 5.02 Å². The molecule has 0 aliphatic carbocycles. The molecule has 0 saturated carbocycles.